The summed E-state index contributed by atoms with van der Waals surface area (Å²) >= 11 is 0. The number of H-pyrrole nitrogens is 1. The Balaban J connectivity index is 1.47. The molecule has 3 heterocycles. The predicted molar refractivity (Wildman–Crippen MR) is 115 cm³/mol. The first-order chi connectivity index (χ1) is 14.5. The van der Waals surface area contributed by atoms with Crippen LogP contribution in [-0.4, -0.2) is 44.7 Å². The molecule has 6 heteroatoms. The number of imidazole rings is 1. The molecule has 2 aromatic carbocycles. The molecular weight excluding hydrogens is 376 g/mol. The minimum atomic E-state index is -0.0935. The molecule has 1 atom stereocenters. The molecule has 1 fully saturated rings. The van der Waals surface area contributed by atoms with Crippen molar-refractivity contribution >= 4 is 22.8 Å². The van der Waals surface area contributed by atoms with Gasteiger partial charge >= 0.3 is 0 Å². The number of aromatic amines is 1. The average molecular weight is 402 g/mol. The van der Waals surface area contributed by atoms with Gasteiger partial charge in [0.05, 0.1) is 28.2 Å². The van der Waals surface area contributed by atoms with Crippen LogP contribution in [0, 0.1) is 5.92 Å². The summed E-state index contributed by atoms with van der Waals surface area (Å²) in [6.45, 7) is 6.16. The maximum absolute atomic E-state index is 13.6. The normalized spacial score (nSPS) is 18.6. The van der Waals surface area contributed by atoms with E-state index in [0.717, 1.165) is 35.3 Å². The molecule has 5 rings (SSSR count). The molecule has 0 radical (unpaired) electrons. The van der Waals surface area contributed by atoms with Crippen LogP contribution in [0.1, 0.15) is 64.8 Å². The van der Waals surface area contributed by atoms with Crippen molar-refractivity contribution in [2.75, 3.05) is 13.1 Å². The van der Waals surface area contributed by atoms with Crippen LogP contribution in [-0.2, 0) is 6.54 Å². The highest BCUT2D eigenvalue weighted by molar-refractivity contribution is 6.09. The Morgan fingerprint density at radius 1 is 1.20 bits per heavy atom. The van der Waals surface area contributed by atoms with Crippen LogP contribution >= 0.6 is 0 Å². The van der Waals surface area contributed by atoms with E-state index >= 15 is 0 Å². The Morgan fingerprint density at radius 2 is 2.03 bits per heavy atom. The third-order valence-corrected chi connectivity index (χ3v) is 6.07. The second kappa shape index (κ2) is 7.27. The summed E-state index contributed by atoms with van der Waals surface area (Å²) in [4.78, 5) is 38.5. The lowest BCUT2D eigenvalue weighted by Gasteiger charge is -2.24. The highest BCUT2D eigenvalue weighted by Gasteiger charge is 2.37. The number of nitrogens with one attached hydrogen (secondary N) is 1. The Morgan fingerprint density at radius 3 is 2.83 bits per heavy atom. The number of carbonyl (C=O) groups excluding carboxylic acids is 2. The molecule has 154 valence electrons. The Labute approximate surface area is 175 Å². The lowest BCUT2D eigenvalue weighted by atomic mass is 10.0. The molecule has 0 bridgehead atoms. The van der Waals surface area contributed by atoms with Crippen molar-refractivity contribution in [3.63, 3.8) is 0 Å². The van der Waals surface area contributed by atoms with Crippen molar-refractivity contribution in [2.45, 2.75) is 39.3 Å². The van der Waals surface area contributed by atoms with Gasteiger partial charge in [0, 0.05) is 19.6 Å². The minimum Gasteiger partial charge on any atom is -0.340 e. The standard InChI is InChI=1S/C24H26N4O2/c1-15(2)13-27-14-16-7-5-8-17(21(16)24(27)30)23(29)28-12-6-11-20(28)22-25-18-9-3-4-10-19(18)26-22/h3-5,7-10,15,20H,6,11-14H2,1-2H3,(H,25,26)/t20-/m1/s1. The van der Waals surface area contributed by atoms with Gasteiger partial charge in [-0.15, -0.1) is 0 Å². The second-order valence-corrected chi connectivity index (χ2v) is 8.71. The monoisotopic (exact) mass is 402 g/mol. The van der Waals surface area contributed by atoms with Crippen molar-refractivity contribution in [3.8, 4) is 0 Å². The molecule has 2 amide bonds. The molecule has 1 aromatic heterocycles. The smallest absolute Gasteiger partial charge is 0.255 e. The van der Waals surface area contributed by atoms with Gasteiger partial charge in [0.15, 0.2) is 0 Å². The number of nitrogens with zero attached hydrogens (tertiary/aromatic N) is 3. The zero-order valence-corrected chi connectivity index (χ0v) is 17.4. The second-order valence-electron chi connectivity index (χ2n) is 8.71. The SMILES string of the molecule is CC(C)CN1Cc2cccc(C(=O)N3CCC[C@@H]3c3nc4ccccc4[nH]3)c2C1=O. The molecule has 2 aliphatic heterocycles. The third kappa shape index (κ3) is 3.07. The van der Waals surface area contributed by atoms with Gasteiger partial charge in [0.1, 0.15) is 5.82 Å². The number of fused-ring (bicyclic) bond motifs is 2. The van der Waals surface area contributed by atoms with E-state index in [9.17, 15) is 9.59 Å². The van der Waals surface area contributed by atoms with Gasteiger partial charge in [0.2, 0.25) is 0 Å². The summed E-state index contributed by atoms with van der Waals surface area (Å²) < 4.78 is 0. The zero-order chi connectivity index (χ0) is 20.8. The van der Waals surface area contributed by atoms with Gasteiger partial charge in [-0.2, -0.15) is 0 Å². The number of para-hydroxylation sites is 2. The molecule has 1 saturated heterocycles. The molecular formula is C24H26N4O2. The number of hydrogen-bond acceptors (Lipinski definition) is 3. The summed E-state index contributed by atoms with van der Waals surface area (Å²) in [5, 5.41) is 0. The van der Waals surface area contributed by atoms with Crippen LogP contribution in [0.5, 0.6) is 0 Å². The maximum Gasteiger partial charge on any atom is 0.255 e. The Kier molecular flexibility index (Phi) is 4.57. The van der Waals surface area contributed by atoms with E-state index in [0.29, 0.717) is 36.7 Å². The van der Waals surface area contributed by atoms with Gasteiger partial charge in [-0.05, 0) is 42.5 Å². The van der Waals surface area contributed by atoms with E-state index in [1.54, 1.807) is 6.07 Å². The number of benzene rings is 2. The summed E-state index contributed by atoms with van der Waals surface area (Å²) in [6, 6.07) is 13.5. The van der Waals surface area contributed by atoms with Crippen molar-refractivity contribution in [3.05, 3.63) is 65.0 Å². The summed E-state index contributed by atoms with van der Waals surface area (Å²) in [5.41, 5.74) is 3.94. The molecule has 3 aromatic rings. The Bertz CT molecular complexity index is 1100. The first-order valence-corrected chi connectivity index (χ1v) is 10.7. The fourth-order valence-electron chi connectivity index (χ4n) is 4.77. The molecule has 30 heavy (non-hydrogen) atoms. The maximum atomic E-state index is 13.6. The number of aromatic nitrogens is 2. The van der Waals surface area contributed by atoms with Gasteiger partial charge in [0.25, 0.3) is 11.8 Å². The van der Waals surface area contributed by atoms with Crippen LogP contribution in [0.4, 0.5) is 0 Å². The number of amides is 2. The van der Waals surface area contributed by atoms with Crippen molar-refractivity contribution in [1.29, 1.82) is 0 Å². The van der Waals surface area contributed by atoms with E-state index in [1.165, 1.54) is 0 Å². The first-order valence-electron chi connectivity index (χ1n) is 10.7. The molecule has 0 saturated carbocycles. The van der Waals surface area contributed by atoms with E-state index in [1.807, 2.05) is 46.2 Å². The van der Waals surface area contributed by atoms with Gasteiger partial charge in [-0.25, -0.2) is 4.98 Å². The van der Waals surface area contributed by atoms with Crippen molar-refractivity contribution < 1.29 is 9.59 Å². The fraction of sp³-hybridized carbons (Fsp3) is 0.375. The molecule has 0 aliphatic carbocycles. The number of rotatable bonds is 4. The lowest BCUT2D eigenvalue weighted by Crippen LogP contribution is -2.33. The van der Waals surface area contributed by atoms with E-state index in [2.05, 4.69) is 18.8 Å². The van der Waals surface area contributed by atoms with Gasteiger partial charge in [-0.1, -0.05) is 38.1 Å². The number of likely N-dealkylation sites (tertiary alicyclic amines) is 1. The summed E-state index contributed by atoms with van der Waals surface area (Å²) in [5.74, 6) is 1.11. The lowest BCUT2D eigenvalue weighted by molar-refractivity contribution is 0.0708. The van der Waals surface area contributed by atoms with Gasteiger partial charge < -0.3 is 14.8 Å². The highest BCUT2D eigenvalue weighted by atomic mass is 16.2. The first kappa shape index (κ1) is 18.9. The number of carbonyl (C=O) groups is 2. The topological polar surface area (TPSA) is 69.3 Å². The highest BCUT2D eigenvalue weighted by Crippen LogP contribution is 2.35. The van der Waals surface area contributed by atoms with Crippen LogP contribution < -0.4 is 0 Å². The molecule has 0 unspecified atom stereocenters. The molecule has 0 spiro atoms. The van der Waals surface area contributed by atoms with Crippen LogP contribution in [0.15, 0.2) is 42.5 Å². The van der Waals surface area contributed by atoms with E-state index in [4.69, 9.17) is 4.98 Å². The minimum absolute atomic E-state index is 0.0258. The van der Waals surface area contributed by atoms with E-state index < -0.39 is 0 Å². The summed E-state index contributed by atoms with van der Waals surface area (Å²) in [6.07, 6.45) is 1.80. The zero-order valence-electron chi connectivity index (χ0n) is 17.4. The van der Waals surface area contributed by atoms with Gasteiger partial charge in [-0.3, -0.25) is 9.59 Å². The third-order valence-electron chi connectivity index (χ3n) is 6.07. The molecule has 2 aliphatic rings. The Hall–Kier alpha value is -3.15. The quantitative estimate of drug-likeness (QED) is 0.713. The average Bonchev–Trinajstić information content (AvgIpc) is 3.44. The fourth-order valence-corrected chi connectivity index (χ4v) is 4.77. The number of hydrogen-bond donors (Lipinski definition) is 1. The van der Waals surface area contributed by atoms with Crippen molar-refractivity contribution in [1.82, 2.24) is 19.8 Å². The largest absolute Gasteiger partial charge is 0.340 e. The summed E-state index contributed by atoms with van der Waals surface area (Å²) in [7, 11) is 0. The van der Waals surface area contributed by atoms with Crippen LogP contribution in [0.3, 0.4) is 0 Å². The molecule has 6 nitrogen and oxygen atoms in total. The van der Waals surface area contributed by atoms with E-state index in [-0.39, 0.29) is 17.9 Å². The van der Waals surface area contributed by atoms with Crippen LogP contribution in [0.25, 0.3) is 11.0 Å². The molecule has 1 N–H and O–H groups in total. The predicted octanol–water partition coefficient (Wildman–Crippen LogP) is 4.15. The van der Waals surface area contributed by atoms with Crippen LogP contribution in [0.2, 0.25) is 0 Å². The van der Waals surface area contributed by atoms with Crippen molar-refractivity contribution in [2.24, 2.45) is 5.92 Å².